The lowest BCUT2D eigenvalue weighted by molar-refractivity contribution is 0.302. The molecule has 0 fully saturated rings. The molecular formula is C25H22O4. The number of hydrogen-bond acceptors (Lipinski definition) is 4. The lowest BCUT2D eigenvalue weighted by Gasteiger charge is -2.14. The molecule has 0 N–H and O–H groups in total. The van der Waals surface area contributed by atoms with Gasteiger partial charge in [-0.3, -0.25) is 0 Å². The molecule has 0 unspecified atom stereocenters. The van der Waals surface area contributed by atoms with Crippen molar-refractivity contribution in [1.82, 2.24) is 0 Å². The van der Waals surface area contributed by atoms with Crippen LogP contribution in [0.5, 0.6) is 11.5 Å². The zero-order chi connectivity index (χ0) is 20.2. The molecule has 0 atom stereocenters. The van der Waals surface area contributed by atoms with E-state index in [1.807, 2.05) is 60.7 Å². The maximum Gasteiger partial charge on any atom is 0.336 e. The first-order valence-corrected chi connectivity index (χ1v) is 9.60. The van der Waals surface area contributed by atoms with Gasteiger partial charge in [0.25, 0.3) is 0 Å². The number of ether oxygens (including phenoxy) is 2. The van der Waals surface area contributed by atoms with Gasteiger partial charge in [-0.05, 0) is 46.9 Å². The molecule has 0 aliphatic heterocycles. The van der Waals surface area contributed by atoms with Crippen molar-refractivity contribution < 1.29 is 13.9 Å². The fourth-order valence-electron chi connectivity index (χ4n) is 3.42. The molecule has 0 bridgehead atoms. The van der Waals surface area contributed by atoms with Crippen LogP contribution in [0.2, 0.25) is 0 Å². The topological polar surface area (TPSA) is 48.7 Å². The van der Waals surface area contributed by atoms with Gasteiger partial charge in [-0.25, -0.2) is 4.79 Å². The first kappa shape index (κ1) is 18.8. The van der Waals surface area contributed by atoms with Gasteiger partial charge < -0.3 is 13.9 Å². The van der Waals surface area contributed by atoms with E-state index in [4.69, 9.17) is 13.9 Å². The van der Waals surface area contributed by atoms with Gasteiger partial charge in [-0.2, -0.15) is 0 Å². The summed E-state index contributed by atoms with van der Waals surface area (Å²) in [6.45, 7) is 2.49. The molecule has 1 aromatic heterocycles. The van der Waals surface area contributed by atoms with Crippen molar-refractivity contribution in [1.29, 1.82) is 0 Å². The van der Waals surface area contributed by atoms with Crippen molar-refractivity contribution in [2.24, 2.45) is 0 Å². The Balaban J connectivity index is 1.75. The monoisotopic (exact) mass is 386 g/mol. The Kier molecular flexibility index (Phi) is 5.34. The Bertz CT molecular complexity index is 1190. The number of methoxy groups -OCH3 is 1. The lowest BCUT2D eigenvalue weighted by atomic mass is 9.99. The number of benzene rings is 3. The van der Waals surface area contributed by atoms with E-state index in [-0.39, 0.29) is 5.63 Å². The van der Waals surface area contributed by atoms with Crippen LogP contribution in [0.15, 0.2) is 82.0 Å². The van der Waals surface area contributed by atoms with Crippen molar-refractivity contribution >= 4 is 11.0 Å². The molecular weight excluding hydrogens is 364 g/mol. The molecule has 1 heterocycles. The predicted molar refractivity (Wildman–Crippen MR) is 115 cm³/mol. The van der Waals surface area contributed by atoms with Gasteiger partial charge in [0, 0.05) is 17.5 Å². The fraction of sp³-hybridized carbons (Fsp3) is 0.160. The van der Waals surface area contributed by atoms with E-state index in [1.165, 1.54) is 0 Å². The molecule has 0 aliphatic carbocycles. The van der Waals surface area contributed by atoms with Crippen LogP contribution in [0.1, 0.15) is 18.1 Å². The Morgan fingerprint density at radius 1 is 0.931 bits per heavy atom. The van der Waals surface area contributed by atoms with Crippen molar-refractivity contribution in [3.05, 3.63) is 94.3 Å². The van der Waals surface area contributed by atoms with Gasteiger partial charge in [-0.1, -0.05) is 49.4 Å². The SMILES string of the molecule is CCc1cc2c(-c3ccccc3)cc(=O)oc2cc1OCc1cccc(OC)c1. The van der Waals surface area contributed by atoms with Crippen LogP contribution in [0.4, 0.5) is 0 Å². The van der Waals surface area contributed by atoms with Crippen LogP contribution in [-0.2, 0) is 13.0 Å². The quantitative estimate of drug-likeness (QED) is 0.404. The summed E-state index contributed by atoms with van der Waals surface area (Å²) in [5, 5.41) is 0.904. The summed E-state index contributed by atoms with van der Waals surface area (Å²) in [5.74, 6) is 1.51. The van der Waals surface area contributed by atoms with E-state index in [0.717, 1.165) is 45.6 Å². The second-order valence-corrected chi connectivity index (χ2v) is 6.79. The third kappa shape index (κ3) is 4.02. The molecule has 0 amide bonds. The molecule has 4 aromatic rings. The third-order valence-electron chi connectivity index (χ3n) is 4.92. The average Bonchev–Trinajstić information content (AvgIpc) is 2.77. The number of hydrogen-bond donors (Lipinski definition) is 0. The standard InChI is InChI=1S/C25H22O4/c1-3-18-13-22-21(19-9-5-4-6-10-19)14-25(26)29-24(22)15-23(18)28-16-17-8-7-11-20(12-17)27-2/h4-15H,3,16H2,1-2H3. The number of rotatable bonds is 6. The molecule has 3 aromatic carbocycles. The summed E-state index contributed by atoms with van der Waals surface area (Å²) in [6.07, 6.45) is 0.802. The van der Waals surface area contributed by atoms with E-state index < -0.39 is 0 Å². The van der Waals surface area contributed by atoms with E-state index >= 15 is 0 Å². The minimum absolute atomic E-state index is 0.376. The molecule has 4 heteroatoms. The van der Waals surface area contributed by atoms with E-state index in [9.17, 15) is 4.79 Å². The third-order valence-corrected chi connectivity index (χ3v) is 4.92. The van der Waals surface area contributed by atoms with Crippen LogP contribution in [0.25, 0.3) is 22.1 Å². The van der Waals surface area contributed by atoms with Gasteiger partial charge >= 0.3 is 5.63 Å². The molecule has 0 radical (unpaired) electrons. The average molecular weight is 386 g/mol. The number of fused-ring (bicyclic) bond motifs is 1. The second-order valence-electron chi connectivity index (χ2n) is 6.79. The minimum Gasteiger partial charge on any atom is -0.497 e. The molecule has 0 spiro atoms. The Morgan fingerprint density at radius 2 is 1.76 bits per heavy atom. The Morgan fingerprint density at radius 3 is 2.52 bits per heavy atom. The predicted octanol–water partition coefficient (Wildman–Crippen LogP) is 5.61. The van der Waals surface area contributed by atoms with Crippen LogP contribution in [-0.4, -0.2) is 7.11 Å². The first-order chi connectivity index (χ1) is 14.2. The molecule has 146 valence electrons. The highest BCUT2D eigenvalue weighted by Gasteiger charge is 2.13. The van der Waals surface area contributed by atoms with Crippen LogP contribution < -0.4 is 15.1 Å². The molecule has 0 aliphatic rings. The van der Waals surface area contributed by atoms with Gasteiger partial charge in [0.2, 0.25) is 0 Å². The smallest absolute Gasteiger partial charge is 0.336 e. The lowest BCUT2D eigenvalue weighted by Crippen LogP contribution is -2.02. The highest BCUT2D eigenvalue weighted by atomic mass is 16.5. The second kappa shape index (κ2) is 8.23. The summed E-state index contributed by atoms with van der Waals surface area (Å²) in [6, 6.07) is 23.1. The Labute approximate surface area is 169 Å². The largest absolute Gasteiger partial charge is 0.497 e. The first-order valence-electron chi connectivity index (χ1n) is 9.60. The molecule has 4 nitrogen and oxygen atoms in total. The summed E-state index contributed by atoms with van der Waals surface area (Å²) < 4.78 is 16.9. The maximum absolute atomic E-state index is 12.2. The van der Waals surface area contributed by atoms with Gasteiger partial charge in [0.15, 0.2) is 0 Å². The maximum atomic E-state index is 12.2. The summed E-state index contributed by atoms with van der Waals surface area (Å²) >= 11 is 0. The van der Waals surface area contributed by atoms with Crippen molar-refractivity contribution in [3.8, 4) is 22.6 Å². The van der Waals surface area contributed by atoms with Crippen molar-refractivity contribution in [3.63, 3.8) is 0 Å². The summed E-state index contributed by atoms with van der Waals surface area (Å²) in [5.41, 5.74) is 4.06. The fourth-order valence-corrected chi connectivity index (χ4v) is 3.42. The summed E-state index contributed by atoms with van der Waals surface area (Å²) in [4.78, 5) is 12.2. The van der Waals surface area contributed by atoms with E-state index in [2.05, 4.69) is 13.0 Å². The van der Waals surface area contributed by atoms with Crippen LogP contribution in [0, 0.1) is 0 Å². The minimum atomic E-state index is -0.376. The normalized spacial score (nSPS) is 10.8. The molecule has 0 saturated heterocycles. The van der Waals surface area contributed by atoms with Crippen molar-refractivity contribution in [2.45, 2.75) is 20.0 Å². The number of aryl methyl sites for hydroxylation is 1. The molecule has 4 rings (SSSR count). The van der Waals surface area contributed by atoms with E-state index in [0.29, 0.717) is 12.2 Å². The van der Waals surface area contributed by atoms with Gasteiger partial charge in [0.1, 0.15) is 23.7 Å². The zero-order valence-corrected chi connectivity index (χ0v) is 16.5. The summed E-state index contributed by atoms with van der Waals surface area (Å²) in [7, 11) is 1.64. The van der Waals surface area contributed by atoms with Gasteiger partial charge in [0.05, 0.1) is 7.11 Å². The van der Waals surface area contributed by atoms with Gasteiger partial charge in [-0.15, -0.1) is 0 Å². The molecule has 29 heavy (non-hydrogen) atoms. The van der Waals surface area contributed by atoms with Crippen LogP contribution >= 0.6 is 0 Å². The Hall–Kier alpha value is -3.53. The zero-order valence-electron chi connectivity index (χ0n) is 16.5. The highest BCUT2D eigenvalue weighted by Crippen LogP contribution is 2.33. The molecule has 0 saturated carbocycles. The van der Waals surface area contributed by atoms with Crippen LogP contribution in [0.3, 0.4) is 0 Å². The highest BCUT2D eigenvalue weighted by molar-refractivity contribution is 5.94. The van der Waals surface area contributed by atoms with E-state index in [1.54, 1.807) is 13.2 Å². The van der Waals surface area contributed by atoms with Crippen molar-refractivity contribution in [2.75, 3.05) is 7.11 Å².